The second kappa shape index (κ2) is 6.36. The quantitative estimate of drug-likeness (QED) is 0.785. The van der Waals surface area contributed by atoms with E-state index in [-0.39, 0.29) is 17.5 Å². The third-order valence-corrected chi connectivity index (χ3v) is 7.16. The molecule has 116 valence electrons. The Hall–Kier alpha value is -0.440. The normalized spacial score (nSPS) is 24.0. The highest BCUT2D eigenvalue weighted by atomic mass is 79.9. The average molecular weight is 440 g/mol. The largest absolute Gasteiger partial charge is 0.369 e. The van der Waals surface area contributed by atoms with Gasteiger partial charge in [-0.05, 0) is 53.9 Å². The van der Waals surface area contributed by atoms with Gasteiger partial charge in [0.1, 0.15) is 0 Å². The maximum atomic E-state index is 12.8. The molecule has 5 nitrogen and oxygen atoms in total. The molecule has 0 radical (unpaired) electrons. The van der Waals surface area contributed by atoms with Crippen molar-refractivity contribution in [1.82, 2.24) is 4.31 Å². The molecule has 1 aromatic carbocycles. The zero-order valence-electron chi connectivity index (χ0n) is 11.4. The number of amides is 1. The number of primary amides is 1. The molecule has 1 amide bonds. The summed E-state index contributed by atoms with van der Waals surface area (Å²) in [7, 11) is -3.67. The van der Waals surface area contributed by atoms with Crippen molar-refractivity contribution in [2.45, 2.75) is 30.7 Å². The molecule has 1 saturated heterocycles. The zero-order chi connectivity index (χ0) is 15.8. The standard InChI is InChI=1S/C13H16Br2N2O3S/c1-8-2-3-9(13(16)18)7-17(8)21(19,20)12-5-4-10(14)6-11(12)15/h4-6,8-9H,2-3,7H2,1H3,(H2,16,18). The fourth-order valence-electron chi connectivity index (χ4n) is 2.45. The Morgan fingerprint density at radius 2 is 2.00 bits per heavy atom. The summed E-state index contributed by atoms with van der Waals surface area (Å²) in [6, 6.07) is 4.76. The summed E-state index contributed by atoms with van der Waals surface area (Å²) in [5.74, 6) is -0.873. The van der Waals surface area contributed by atoms with Crippen LogP contribution in [0.15, 0.2) is 32.0 Å². The Kier molecular flexibility index (Phi) is 5.12. The molecule has 1 aromatic rings. The molecule has 1 aliphatic heterocycles. The molecule has 0 spiro atoms. The molecule has 2 rings (SSSR count). The van der Waals surface area contributed by atoms with Gasteiger partial charge in [-0.1, -0.05) is 15.9 Å². The van der Waals surface area contributed by atoms with Crippen LogP contribution < -0.4 is 5.73 Å². The first-order valence-electron chi connectivity index (χ1n) is 6.49. The Labute approximate surface area is 141 Å². The number of halogens is 2. The lowest BCUT2D eigenvalue weighted by molar-refractivity contribution is -0.123. The van der Waals surface area contributed by atoms with Gasteiger partial charge in [-0.25, -0.2) is 8.42 Å². The van der Waals surface area contributed by atoms with Crippen LogP contribution in [0.3, 0.4) is 0 Å². The van der Waals surface area contributed by atoms with Gasteiger partial charge in [-0.3, -0.25) is 4.79 Å². The summed E-state index contributed by atoms with van der Waals surface area (Å²) in [5, 5.41) is 0. The van der Waals surface area contributed by atoms with Crippen LogP contribution >= 0.6 is 31.9 Å². The summed E-state index contributed by atoms with van der Waals surface area (Å²) in [6.07, 6.45) is 1.25. The van der Waals surface area contributed by atoms with Crippen molar-refractivity contribution < 1.29 is 13.2 Å². The summed E-state index contributed by atoms with van der Waals surface area (Å²) < 4.78 is 28.3. The predicted molar refractivity (Wildman–Crippen MR) is 87.1 cm³/mol. The molecule has 1 fully saturated rings. The number of nitrogens with two attached hydrogens (primary N) is 1. The molecular formula is C13H16Br2N2O3S. The zero-order valence-corrected chi connectivity index (χ0v) is 15.4. The van der Waals surface area contributed by atoms with E-state index < -0.39 is 21.8 Å². The molecule has 0 aromatic heterocycles. The number of nitrogens with zero attached hydrogens (tertiary/aromatic N) is 1. The maximum Gasteiger partial charge on any atom is 0.244 e. The molecule has 0 bridgehead atoms. The first kappa shape index (κ1) is 16.9. The number of hydrogen-bond donors (Lipinski definition) is 1. The van der Waals surface area contributed by atoms with Crippen LogP contribution in [0.1, 0.15) is 19.8 Å². The molecule has 0 saturated carbocycles. The van der Waals surface area contributed by atoms with Crippen LogP contribution in [0.4, 0.5) is 0 Å². The van der Waals surface area contributed by atoms with E-state index in [1.165, 1.54) is 4.31 Å². The summed E-state index contributed by atoms with van der Waals surface area (Å²) in [4.78, 5) is 11.6. The molecule has 0 aliphatic carbocycles. The first-order chi connectivity index (χ1) is 9.73. The predicted octanol–water partition coefficient (Wildman–Crippen LogP) is 2.49. The van der Waals surface area contributed by atoms with E-state index in [9.17, 15) is 13.2 Å². The Morgan fingerprint density at radius 3 is 2.57 bits per heavy atom. The minimum absolute atomic E-state index is 0.140. The number of rotatable bonds is 3. The fourth-order valence-corrected chi connectivity index (χ4v) is 5.87. The van der Waals surface area contributed by atoms with Crippen molar-refractivity contribution in [3.05, 3.63) is 27.1 Å². The van der Waals surface area contributed by atoms with Crippen LogP contribution in [-0.2, 0) is 14.8 Å². The second-order valence-electron chi connectivity index (χ2n) is 5.18. The molecule has 2 N–H and O–H groups in total. The van der Waals surface area contributed by atoms with Crippen LogP contribution in [0, 0.1) is 5.92 Å². The first-order valence-corrected chi connectivity index (χ1v) is 9.52. The van der Waals surface area contributed by atoms with Gasteiger partial charge in [0.25, 0.3) is 0 Å². The molecule has 21 heavy (non-hydrogen) atoms. The molecule has 8 heteroatoms. The number of piperidine rings is 1. The van der Waals surface area contributed by atoms with Gasteiger partial charge in [0.05, 0.1) is 10.8 Å². The highest BCUT2D eigenvalue weighted by Gasteiger charge is 2.37. The van der Waals surface area contributed by atoms with Gasteiger partial charge >= 0.3 is 0 Å². The van der Waals surface area contributed by atoms with Crippen molar-refractivity contribution >= 4 is 47.8 Å². The van der Waals surface area contributed by atoms with Gasteiger partial charge in [0, 0.05) is 21.5 Å². The van der Waals surface area contributed by atoms with E-state index in [4.69, 9.17) is 5.73 Å². The van der Waals surface area contributed by atoms with Gasteiger partial charge in [-0.15, -0.1) is 0 Å². The number of carbonyl (C=O) groups excluding carboxylic acids is 1. The number of benzene rings is 1. The summed E-state index contributed by atoms with van der Waals surface area (Å²) in [5.41, 5.74) is 5.33. The monoisotopic (exact) mass is 438 g/mol. The summed E-state index contributed by atoms with van der Waals surface area (Å²) in [6.45, 7) is 1.99. The van der Waals surface area contributed by atoms with E-state index >= 15 is 0 Å². The van der Waals surface area contributed by atoms with Crippen molar-refractivity contribution in [3.8, 4) is 0 Å². The third kappa shape index (κ3) is 3.49. The lowest BCUT2D eigenvalue weighted by atomic mass is 9.95. The van der Waals surface area contributed by atoms with Crippen molar-refractivity contribution in [1.29, 1.82) is 0 Å². The van der Waals surface area contributed by atoms with E-state index in [1.807, 2.05) is 6.92 Å². The minimum Gasteiger partial charge on any atom is -0.369 e. The van der Waals surface area contributed by atoms with Gasteiger partial charge in [0.2, 0.25) is 15.9 Å². The minimum atomic E-state index is -3.67. The van der Waals surface area contributed by atoms with Crippen molar-refractivity contribution in [3.63, 3.8) is 0 Å². The van der Waals surface area contributed by atoms with Crippen LogP contribution in [0.5, 0.6) is 0 Å². The van der Waals surface area contributed by atoms with Crippen molar-refractivity contribution in [2.24, 2.45) is 11.7 Å². The smallest absolute Gasteiger partial charge is 0.244 e. The van der Waals surface area contributed by atoms with E-state index in [0.717, 1.165) is 4.47 Å². The van der Waals surface area contributed by atoms with E-state index in [0.29, 0.717) is 17.3 Å². The third-order valence-electron chi connectivity index (χ3n) is 3.71. The SMILES string of the molecule is CC1CCC(C(N)=O)CN1S(=O)(=O)c1ccc(Br)cc1Br. The second-order valence-corrected chi connectivity index (χ2v) is 8.80. The number of carbonyl (C=O) groups is 1. The van der Waals surface area contributed by atoms with Gasteiger partial charge in [0.15, 0.2) is 0 Å². The molecule has 1 aliphatic rings. The lowest BCUT2D eigenvalue weighted by Crippen LogP contribution is -2.48. The van der Waals surface area contributed by atoms with Crippen LogP contribution in [0.25, 0.3) is 0 Å². The Bertz CT molecular complexity index is 663. The highest BCUT2D eigenvalue weighted by Crippen LogP contribution is 2.32. The number of sulfonamides is 1. The highest BCUT2D eigenvalue weighted by molar-refractivity contribution is 9.11. The van der Waals surface area contributed by atoms with Gasteiger partial charge < -0.3 is 5.73 Å². The molecule has 2 atom stereocenters. The fraction of sp³-hybridized carbons (Fsp3) is 0.462. The van der Waals surface area contributed by atoms with Crippen LogP contribution in [-0.4, -0.2) is 31.2 Å². The Morgan fingerprint density at radius 1 is 1.33 bits per heavy atom. The summed E-state index contributed by atoms with van der Waals surface area (Å²) >= 11 is 6.59. The molecule has 2 unspecified atom stereocenters. The average Bonchev–Trinajstić information content (AvgIpc) is 2.38. The Balaban J connectivity index is 2.39. The van der Waals surface area contributed by atoms with Gasteiger partial charge in [-0.2, -0.15) is 4.31 Å². The van der Waals surface area contributed by atoms with E-state index in [1.54, 1.807) is 18.2 Å². The topological polar surface area (TPSA) is 80.5 Å². The van der Waals surface area contributed by atoms with Crippen molar-refractivity contribution in [2.75, 3.05) is 6.54 Å². The van der Waals surface area contributed by atoms with E-state index in [2.05, 4.69) is 31.9 Å². The van der Waals surface area contributed by atoms with Crippen LogP contribution in [0.2, 0.25) is 0 Å². The molecular weight excluding hydrogens is 424 g/mol. The lowest BCUT2D eigenvalue weighted by Gasteiger charge is -2.35. The maximum absolute atomic E-state index is 12.8. The number of hydrogen-bond acceptors (Lipinski definition) is 3. The molecule has 1 heterocycles.